The first-order valence-electron chi connectivity index (χ1n) is 4.94. The lowest BCUT2D eigenvalue weighted by Crippen LogP contribution is -2.32. The zero-order valence-electron chi connectivity index (χ0n) is 9.05. The Morgan fingerprint density at radius 3 is 2.21 bits per heavy atom. The molecule has 2 heteroatoms. The average Bonchev–Trinajstić information content (AvgIpc) is 2.17. The van der Waals surface area contributed by atoms with E-state index < -0.39 is 0 Å². The van der Waals surface area contributed by atoms with E-state index in [-0.39, 0.29) is 11.2 Å². The van der Waals surface area contributed by atoms with Crippen LogP contribution in [-0.4, -0.2) is 6.54 Å². The van der Waals surface area contributed by atoms with Crippen LogP contribution in [0.5, 0.6) is 0 Å². The van der Waals surface area contributed by atoms with E-state index in [0.29, 0.717) is 12.5 Å². The Labute approximate surface area is 85.1 Å². The van der Waals surface area contributed by atoms with Crippen LogP contribution in [0.2, 0.25) is 0 Å². The van der Waals surface area contributed by atoms with Crippen molar-refractivity contribution in [2.75, 3.05) is 6.54 Å². The standard InChI is InChI=1S/C12H18FN/c1-9(8-14)12(2,3)10-4-6-11(13)7-5-10/h4-7,9H,8,14H2,1-3H3/t9-/m0/s1. The molecule has 0 unspecified atom stereocenters. The number of nitrogens with two attached hydrogens (primary N) is 1. The largest absolute Gasteiger partial charge is 0.330 e. The lowest BCUT2D eigenvalue weighted by atomic mass is 9.74. The molecule has 1 aromatic rings. The fraction of sp³-hybridized carbons (Fsp3) is 0.500. The van der Waals surface area contributed by atoms with E-state index in [9.17, 15) is 4.39 Å². The molecule has 0 saturated carbocycles. The van der Waals surface area contributed by atoms with Crippen LogP contribution in [0, 0.1) is 11.7 Å². The molecule has 0 aliphatic rings. The summed E-state index contributed by atoms with van der Waals surface area (Å²) in [6, 6.07) is 6.67. The molecule has 0 aromatic heterocycles. The van der Waals surface area contributed by atoms with Crippen LogP contribution >= 0.6 is 0 Å². The molecule has 0 spiro atoms. The second-order valence-corrected chi connectivity index (χ2v) is 4.37. The Kier molecular flexibility index (Phi) is 3.27. The molecule has 1 rings (SSSR count). The van der Waals surface area contributed by atoms with Gasteiger partial charge in [0, 0.05) is 0 Å². The number of rotatable bonds is 3. The van der Waals surface area contributed by atoms with Gasteiger partial charge in [-0.1, -0.05) is 32.9 Å². The molecular weight excluding hydrogens is 177 g/mol. The molecule has 0 saturated heterocycles. The molecule has 0 amide bonds. The highest BCUT2D eigenvalue weighted by Crippen LogP contribution is 2.30. The van der Waals surface area contributed by atoms with Crippen molar-refractivity contribution in [3.63, 3.8) is 0 Å². The molecular formula is C12H18FN. The normalized spacial score (nSPS) is 14.1. The minimum atomic E-state index is -0.190. The van der Waals surface area contributed by atoms with Crippen LogP contribution in [0.4, 0.5) is 4.39 Å². The first-order valence-corrected chi connectivity index (χ1v) is 4.94. The lowest BCUT2D eigenvalue weighted by Gasteiger charge is -2.31. The van der Waals surface area contributed by atoms with E-state index in [1.807, 2.05) is 12.1 Å². The summed E-state index contributed by atoms with van der Waals surface area (Å²) >= 11 is 0. The summed E-state index contributed by atoms with van der Waals surface area (Å²) < 4.78 is 12.7. The van der Waals surface area contributed by atoms with E-state index >= 15 is 0 Å². The van der Waals surface area contributed by atoms with Crippen LogP contribution in [0.25, 0.3) is 0 Å². The molecule has 2 N–H and O–H groups in total. The van der Waals surface area contributed by atoms with Gasteiger partial charge in [0.25, 0.3) is 0 Å². The van der Waals surface area contributed by atoms with Crippen LogP contribution in [0.1, 0.15) is 26.3 Å². The topological polar surface area (TPSA) is 26.0 Å². The van der Waals surface area contributed by atoms with Gasteiger partial charge in [0.15, 0.2) is 0 Å². The lowest BCUT2D eigenvalue weighted by molar-refractivity contribution is 0.352. The van der Waals surface area contributed by atoms with E-state index in [2.05, 4.69) is 20.8 Å². The third kappa shape index (κ3) is 2.13. The van der Waals surface area contributed by atoms with Gasteiger partial charge in [-0.2, -0.15) is 0 Å². The molecule has 1 atom stereocenters. The molecule has 0 radical (unpaired) electrons. The van der Waals surface area contributed by atoms with Gasteiger partial charge in [-0.25, -0.2) is 4.39 Å². The van der Waals surface area contributed by atoms with Crippen molar-refractivity contribution in [1.29, 1.82) is 0 Å². The van der Waals surface area contributed by atoms with Crippen molar-refractivity contribution < 1.29 is 4.39 Å². The number of benzene rings is 1. The highest BCUT2D eigenvalue weighted by atomic mass is 19.1. The van der Waals surface area contributed by atoms with Gasteiger partial charge < -0.3 is 5.73 Å². The smallest absolute Gasteiger partial charge is 0.123 e. The van der Waals surface area contributed by atoms with Gasteiger partial charge in [0.2, 0.25) is 0 Å². The van der Waals surface area contributed by atoms with Gasteiger partial charge in [-0.15, -0.1) is 0 Å². The van der Waals surface area contributed by atoms with E-state index in [1.165, 1.54) is 12.1 Å². The van der Waals surface area contributed by atoms with E-state index in [4.69, 9.17) is 5.73 Å². The maximum Gasteiger partial charge on any atom is 0.123 e. The number of hydrogen-bond donors (Lipinski definition) is 1. The monoisotopic (exact) mass is 195 g/mol. The Morgan fingerprint density at radius 2 is 1.79 bits per heavy atom. The minimum Gasteiger partial charge on any atom is -0.330 e. The third-order valence-corrected chi connectivity index (χ3v) is 3.17. The summed E-state index contributed by atoms with van der Waals surface area (Å²) in [5.41, 5.74) is 6.79. The summed E-state index contributed by atoms with van der Waals surface area (Å²) in [7, 11) is 0. The first-order chi connectivity index (χ1) is 6.48. The summed E-state index contributed by atoms with van der Waals surface area (Å²) in [6.07, 6.45) is 0. The van der Waals surface area contributed by atoms with Crippen molar-refractivity contribution >= 4 is 0 Å². The fourth-order valence-electron chi connectivity index (χ4n) is 1.46. The predicted molar refractivity (Wildman–Crippen MR) is 57.6 cm³/mol. The highest BCUT2D eigenvalue weighted by molar-refractivity contribution is 5.25. The van der Waals surface area contributed by atoms with Crippen LogP contribution in [-0.2, 0) is 5.41 Å². The van der Waals surface area contributed by atoms with Crippen molar-refractivity contribution in [2.45, 2.75) is 26.2 Å². The van der Waals surface area contributed by atoms with Gasteiger partial charge >= 0.3 is 0 Å². The molecule has 0 bridgehead atoms. The van der Waals surface area contributed by atoms with Gasteiger partial charge in [-0.3, -0.25) is 0 Å². The Hall–Kier alpha value is -0.890. The maximum atomic E-state index is 12.7. The first kappa shape index (κ1) is 11.2. The highest BCUT2D eigenvalue weighted by Gasteiger charge is 2.26. The summed E-state index contributed by atoms with van der Waals surface area (Å²) in [6.45, 7) is 7.03. The van der Waals surface area contributed by atoms with Crippen molar-refractivity contribution in [3.05, 3.63) is 35.6 Å². The summed E-state index contributed by atoms with van der Waals surface area (Å²) in [4.78, 5) is 0. The Bertz CT molecular complexity index is 290. The van der Waals surface area contributed by atoms with Crippen LogP contribution < -0.4 is 5.73 Å². The predicted octanol–water partition coefficient (Wildman–Crippen LogP) is 2.70. The molecule has 0 fully saturated rings. The Morgan fingerprint density at radius 1 is 1.29 bits per heavy atom. The van der Waals surface area contributed by atoms with Gasteiger partial charge in [0.1, 0.15) is 5.82 Å². The quantitative estimate of drug-likeness (QED) is 0.788. The third-order valence-electron chi connectivity index (χ3n) is 3.17. The molecule has 78 valence electrons. The van der Waals surface area contributed by atoms with Crippen molar-refractivity contribution in [1.82, 2.24) is 0 Å². The molecule has 1 aromatic carbocycles. The zero-order chi connectivity index (χ0) is 10.8. The zero-order valence-corrected chi connectivity index (χ0v) is 9.05. The van der Waals surface area contributed by atoms with Crippen molar-refractivity contribution in [2.24, 2.45) is 11.7 Å². The summed E-state index contributed by atoms with van der Waals surface area (Å²) in [5.74, 6) is 0.193. The minimum absolute atomic E-state index is 0.00243. The molecule has 1 nitrogen and oxygen atoms in total. The SMILES string of the molecule is C[C@@H](CN)C(C)(C)c1ccc(F)cc1. The summed E-state index contributed by atoms with van der Waals surface area (Å²) in [5, 5.41) is 0. The van der Waals surface area contributed by atoms with Crippen LogP contribution in [0.15, 0.2) is 24.3 Å². The fourth-order valence-corrected chi connectivity index (χ4v) is 1.46. The van der Waals surface area contributed by atoms with Gasteiger partial charge in [-0.05, 0) is 35.6 Å². The van der Waals surface area contributed by atoms with E-state index in [0.717, 1.165) is 5.56 Å². The number of hydrogen-bond acceptors (Lipinski definition) is 1. The maximum absolute atomic E-state index is 12.7. The second-order valence-electron chi connectivity index (χ2n) is 4.37. The van der Waals surface area contributed by atoms with Crippen molar-refractivity contribution in [3.8, 4) is 0 Å². The number of halogens is 1. The molecule has 0 aliphatic heterocycles. The van der Waals surface area contributed by atoms with Gasteiger partial charge in [0.05, 0.1) is 0 Å². The average molecular weight is 195 g/mol. The molecule has 0 heterocycles. The van der Waals surface area contributed by atoms with E-state index in [1.54, 1.807) is 0 Å². The molecule has 0 aliphatic carbocycles. The van der Waals surface area contributed by atoms with Crippen LogP contribution in [0.3, 0.4) is 0 Å². The second kappa shape index (κ2) is 4.09. The molecule has 14 heavy (non-hydrogen) atoms. The Balaban J connectivity index is 2.97.